The Labute approximate surface area is 145 Å². The van der Waals surface area contributed by atoms with Gasteiger partial charge in [0.15, 0.2) is 0 Å². The predicted octanol–water partition coefficient (Wildman–Crippen LogP) is 4.51. The molecule has 0 unspecified atom stereocenters. The normalized spacial score (nSPS) is 11.4. The molecule has 1 aromatic heterocycles. The third-order valence-electron chi connectivity index (χ3n) is 3.61. The molecule has 0 amide bonds. The standard InChI is InChI=1S/C18H12F3NO4/c1-25-11-4-2-3-10(7-11)16-9-14(17(23)24)13-8-12(26-18(19,20)21)5-6-15(13)22-16/h2-9H,1H3,(H,23,24). The fourth-order valence-electron chi connectivity index (χ4n) is 2.51. The number of carboxylic acids is 1. The van der Waals surface area contributed by atoms with Crippen LogP contribution in [0.25, 0.3) is 22.2 Å². The Morgan fingerprint density at radius 3 is 2.50 bits per heavy atom. The van der Waals surface area contributed by atoms with Crippen LogP contribution >= 0.6 is 0 Å². The van der Waals surface area contributed by atoms with Crippen molar-refractivity contribution < 1.29 is 32.5 Å². The molecule has 1 N–H and O–H groups in total. The predicted molar refractivity (Wildman–Crippen MR) is 87.4 cm³/mol. The first-order valence-corrected chi connectivity index (χ1v) is 7.35. The lowest BCUT2D eigenvalue weighted by atomic mass is 10.0. The lowest BCUT2D eigenvalue weighted by molar-refractivity contribution is -0.274. The number of hydrogen-bond donors (Lipinski definition) is 1. The highest BCUT2D eigenvalue weighted by molar-refractivity contribution is 6.04. The summed E-state index contributed by atoms with van der Waals surface area (Å²) in [4.78, 5) is 15.9. The van der Waals surface area contributed by atoms with E-state index in [0.717, 1.165) is 12.1 Å². The van der Waals surface area contributed by atoms with Crippen molar-refractivity contribution >= 4 is 16.9 Å². The molecule has 0 bridgehead atoms. The summed E-state index contributed by atoms with van der Waals surface area (Å²) >= 11 is 0. The first kappa shape index (κ1) is 17.5. The van der Waals surface area contributed by atoms with Gasteiger partial charge < -0.3 is 14.6 Å². The van der Waals surface area contributed by atoms with E-state index in [2.05, 4.69) is 9.72 Å². The molecule has 0 spiro atoms. The zero-order valence-corrected chi connectivity index (χ0v) is 13.4. The number of alkyl halides is 3. The molecule has 0 fully saturated rings. The Hall–Kier alpha value is -3.29. The molecule has 0 atom stereocenters. The molecule has 134 valence electrons. The van der Waals surface area contributed by atoms with Crippen LogP contribution in [0.5, 0.6) is 11.5 Å². The van der Waals surface area contributed by atoms with Crippen LogP contribution in [0, 0.1) is 0 Å². The minimum Gasteiger partial charge on any atom is -0.497 e. The monoisotopic (exact) mass is 363 g/mol. The van der Waals surface area contributed by atoms with Gasteiger partial charge in [0, 0.05) is 10.9 Å². The van der Waals surface area contributed by atoms with E-state index in [-0.39, 0.29) is 16.5 Å². The van der Waals surface area contributed by atoms with Crippen molar-refractivity contribution in [2.24, 2.45) is 0 Å². The summed E-state index contributed by atoms with van der Waals surface area (Å²) in [5.41, 5.74) is 1.03. The van der Waals surface area contributed by atoms with E-state index >= 15 is 0 Å². The van der Waals surface area contributed by atoms with Gasteiger partial charge in [0.05, 0.1) is 23.9 Å². The van der Waals surface area contributed by atoms with E-state index in [1.165, 1.54) is 19.2 Å². The number of benzene rings is 2. The van der Waals surface area contributed by atoms with Crippen molar-refractivity contribution in [3.05, 3.63) is 54.1 Å². The van der Waals surface area contributed by atoms with Crippen LogP contribution in [-0.4, -0.2) is 29.5 Å². The molecule has 1 heterocycles. The maximum atomic E-state index is 12.4. The van der Waals surface area contributed by atoms with Gasteiger partial charge in [-0.1, -0.05) is 12.1 Å². The zero-order valence-electron chi connectivity index (χ0n) is 13.4. The minimum atomic E-state index is -4.87. The smallest absolute Gasteiger partial charge is 0.497 e. The topological polar surface area (TPSA) is 68.7 Å². The molecule has 0 saturated heterocycles. The number of rotatable bonds is 4. The second-order valence-corrected chi connectivity index (χ2v) is 5.32. The molecule has 5 nitrogen and oxygen atoms in total. The van der Waals surface area contributed by atoms with Gasteiger partial charge in [0.1, 0.15) is 11.5 Å². The van der Waals surface area contributed by atoms with Gasteiger partial charge in [-0.2, -0.15) is 0 Å². The van der Waals surface area contributed by atoms with Crippen LogP contribution in [0.2, 0.25) is 0 Å². The number of pyridine rings is 1. The third kappa shape index (κ3) is 3.69. The van der Waals surface area contributed by atoms with E-state index in [9.17, 15) is 23.1 Å². The van der Waals surface area contributed by atoms with E-state index in [0.29, 0.717) is 17.0 Å². The van der Waals surface area contributed by atoms with Crippen LogP contribution in [0.3, 0.4) is 0 Å². The van der Waals surface area contributed by atoms with Crippen molar-refractivity contribution in [2.45, 2.75) is 6.36 Å². The van der Waals surface area contributed by atoms with Gasteiger partial charge in [0.25, 0.3) is 0 Å². The number of ether oxygens (including phenoxy) is 2. The molecule has 3 aromatic rings. The maximum Gasteiger partial charge on any atom is 0.573 e. The fraction of sp³-hybridized carbons (Fsp3) is 0.111. The average molecular weight is 363 g/mol. The molecule has 26 heavy (non-hydrogen) atoms. The summed E-state index contributed by atoms with van der Waals surface area (Å²) in [5, 5.41) is 9.51. The van der Waals surface area contributed by atoms with Gasteiger partial charge in [-0.15, -0.1) is 13.2 Å². The van der Waals surface area contributed by atoms with Gasteiger partial charge in [-0.05, 0) is 36.4 Å². The lowest BCUT2D eigenvalue weighted by Crippen LogP contribution is -2.17. The Morgan fingerprint density at radius 1 is 1.08 bits per heavy atom. The fourth-order valence-corrected chi connectivity index (χ4v) is 2.51. The quantitative estimate of drug-likeness (QED) is 0.739. The second-order valence-electron chi connectivity index (χ2n) is 5.32. The second kappa shape index (κ2) is 6.55. The number of aromatic nitrogens is 1. The Bertz CT molecular complexity index is 986. The number of carbonyl (C=O) groups is 1. The number of carboxylic acid groups (broad SMARTS) is 1. The van der Waals surface area contributed by atoms with Crippen molar-refractivity contribution in [3.63, 3.8) is 0 Å². The summed E-state index contributed by atoms with van der Waals surface area (Å²) in [6.07, 6.45) is -4.87. The number of aromatic carboxylic acids is 1. The molecule has 8 heteroatoms. The van der Waals surface area contributed by atoms with Crippen molar-refractivity contribution in [3.8, 4) is 22.8 Å². The van der Waals surface area contributed by atoms with Gasteiger partial charge in [-0.25, -0.2) is 9.78 Å². The van der Waals surface area contributed by atoms with Crippen LogP contribution < -0.4 is 9.47 Å². The average Bonchev–Trinajstić information content (AvgIpc) is 2.59. The Morgan fingerprint density at radius 2 is 1.85 bits per heavy atom. The molecular weight excluding hydrogens is 351 g/mol. The van der Waals surface area contributed by atoms with E-state index in [1.807, 2.05) is 0 Å². The molecular formula is C18H12F3NO4. The van der Waals surface area contributed by atoms with Crippen molar-refractivity contribution in [1.29, 1.82) is 0 Å². The van der Waals surface area contributed by atoms with Gasteiger partial charge in [-0.3, -0.25) is 0 Å². The van der Waals surface area contributed by atoms with Crippen molar-refractivity contribution in [2.75, 3.05) is 7.11 Å². The third-order valence-corrected chi connectivity index (χ3v) is 3.61. The summed E-state index contributed by atoms with van der Waals surface area (Å²) in [7, 11) is 1.50. The highest BCUT2D eigenvalue weighted by atomic mass is 19.4. The first-order valence-electron chi connectivity index (χ1n) is 7.35. The van der Waals surface area contributed by atoms with Crippen LogP contribution in [0.15, 0.2) is 48.5 Å². The van der Waals surface area contributed by atoms with E-state index in [4.69, 9.17) is 4.74 Å². The molecule has 0 aliphatic heterocycles. The number of halogens is 3. The molecule has 3 rings (SSSR count). The van der Waals surface area contributed by atoms with Crippen LogP contribution in [0.1, 0.15) is 10.4 Å². The van der Waals surface area contributed by atoms with Crippen LogP contribution in [-0.2, 0) is 0 Å². The molecule has 0 aliphatic rings. The molecule has 2 aromatic carbocycles. The largest absolute Gasteiger partial charge is 0.573 e. The first-order chi connectivity index (χ1) is 12.3. The van der Waals surface area contributed by atoms with E-state index in [1.54, 1.807) is 24.3 Å². The number of fused-ring (bicyclic) bond motifs is 1. The van der Waals surface area contributed by atoms with Crippen LogP contribution in [0.4, 0.5) is 13.2 Å². The summed E-state index contributed by atoms with van der Waals surface area (Å²) in [6.45, 7) is 0. The maximum absolute atomic E-state index is 12.4. The van der Waals surface area contributed by atoms with Gasteiger partial charge >= 0.3 is 12.3 Å². The van der Waals surface area contributed by atoms with Gasteiger partial charge in [0.2, 0.25) is 0 Å². The Kier molecular flexibility index (Phi) is 4.41. The minimum absolute atomic E-state index is 0.0471. The van der Waals surface area contributed by atoms with Crippen molar-refractivity contribution in [1.82, 2.24) is 4.98 Å². The zero-order chi connectivity index (χ0) is 18.9. The summed E-state index contributed by atoms with van der Waals surface area (Å²) in [6, 6.07) is 11.5. The molecule has 0 radical (unpaired) electrons. The Balaban J connectivity index is 2.16. The summed E-state index contributed by atoms with van der Waals surface area (Å²) < 4.78 is 46.2. The number of methoxy groups -OCH3 is 1. The number of hydrogen-bond acceptors (Lipinski definition) is 4. The molecule has 0 saturated carbocycles. The number of nitrogens with zero attached hydrogens (tertiary/aromatic N) is 1. The van der Waals surface area contributed by atoms with E-state index < -0.39 is 18.1 Å². The highest BCUT2D eigenvalue weighted by Gasteiger charge is 2.31. The lowest BCUT2D eigenvalue weighted by Gasteiger charge is -2.12. The SMILES string of the molecule is COc1cccc(-c2cc(C(=O)O)c3cc(OC(F)(F)F)ccc3n2)c1. The highest BCUT2D eigenvalue weighted by Crippen LogP contribution is 2.31. The molecule has 0 aliphatic carbocycles. The summed E-state index contributed by atoms with van der Waals surface area (Å²) in [5.74, 6) is -1.23.